The lowest BCUT2D eigenvalue weighted by molar-refractivity contribution is -0.123. The highest BCUT2D eigenvalue weighted by Crippen LogP contribution is 2.33. The number of aromatic nitrogens is 2. The zero-order valence-electron chi connectivity index (χ0n) is 21.0. The average Bonchev–Trinajstić information content (AvgIpc) is 3.35. The van der Waals surface area contributed by atoms with Gasteiger partial charge in [0.05, 0.1) is 27.6 Å². The Labute approximate surface area is 221 Å². The van der Waals surface area contributed by atoms with Gasteiger partial charge in [0.25, 0.3) is 0 Å². The number of anilines is 1. The highest BCUT2D eigenvalue weighted by molar-refractivity contribution is 7.89. The quantitative estimate of drug-likeness (QED) is 0.326. The molecule has 0 radical (unpaired) electrons. The standard InChI is InChI=1S/C28H30N4O3S2/c1-3-21-10-13-25-26(16-21)36-28(30-25)32(18-22-6-4-14-29-17-22)27(33)23-7-5-15-31(19-23)37(34,35)24-11-8-20(2)9-12-24/h4,6,8-14,16-17,23H,3,5,7,15,18-19H2,1-2H3. The van der Waals surface area contributed by atoms with Crippen LogP contribution in [0.1, 0.15) is 36.5 Å². The number of aryl methyl sites for hydroxylation is 2. The predicted octanol–water partition coefficient (Wildman–Crippen LogP) is 5.20. The minimum atomic E-state index is -3.68. The summed E-state index contributed by atoms with van der Waals surface area (Å²) in [5.41, 5.74) is 3.97. The molecule has 0 spiro atoms. The fourth-order valence-corrected chi connectivity index (χ4v) is 7.21. The maximum Gasteiger partial charge on any atom is 0.243 e. The third kappa shape index (κ3) is 5.44. The normalized spacial score (nSPS) is 16.6. The van der Waals surface area contributed by atoms with Gasteiger partial charge in [0.15, 0.2) is 5.13 Å². The molecule has 7 nitrogen and oxygen atoms in total. The Kier molecular flexibility index (Phi) is 7.37. The summed E-state index contributed by atoms with van der Waals surface area (Å²) in [6.07, 6.45) is 5.64. The van der Waals surface area contributed by atoms with E-state index in [1.54, 1.807) is 41.6 Å². The van der Waals surface area contributed by atoms with Crippen LogP contribution < -0.4 is 4.90 Å². The topological polar surface area (TPSA) is 83.5 Å². The molecular weight excluding hydrogens is 504 g/mol. The van der Waals surface area contributed by atoms with Crippen LogP contribution in [0.4, 0.5) is 5.13 Å². The van der Waals surface area contributed by atoms with Gasteiger partial charge < -0.3 is 0 Å². The first-order valence-electron chi connectivity index (χ1n) is 12.5. The van der Waals surface area contributed by atoms with Crippen LogP contribution in [-0.4, -0.2) is 41.7 Å². The molecule has 1 atom stereocenters. The van der Waals surface area contributed by atoms with Crippen molar-refractivity contribution in [2.24, 2.45) is 5.92 Å². The highest BCUT2D eigenvalue weighted by Gasteiger charge is 2.36. The minimum Gasteiger partial charge on any atom is -0.283 e. The first-order chi connectivity index (χ1) is 17.8. The molecule has 192 valence electrons. The molecule has 4 aromatic rings. The molecule has 2 aromatic carbocycles. The number of thiazole rings is 1. The summed E-state index contributed by atoms with van der Waals surface area (Å²) in [5, 5.41) is 0.621. The highest BCUT2D eigenvalue weighted by atomic mass is 32.2. The lowest BCUT2D eigenvalue weighted by Crippen LogP contribution is -2.46. The largest absolute Gasteiger partial charge is 0.283 e. The van der Waals surface area contributed by atoms with Gasteiger partial charge in [-0.05, 0) is 67.6 Å². The molecular formula is C28H30N4O3S2. The zero-order valence-corrected chi connectivity index (χ0v) is 22.6. The summed E-state index contributed by atoms with van der Waals surface area (Å²) in [6.45, 7) is 4.93. The Morgan fingerprint density at radius 3 is 2.68 bits per heavy atom. The van der Waals surface area contributed by atoms with Gasteiger partial charge in [0.1, 0.15) is 0 Å². The molecule has 37 heavy (non-hydrogen) atoms. The molecule has 0 aliphatic carbocycles. The van der Waals surface area contributed by atoms with Crippen LogP contribution in [0.3, 0.4) is 0 Å². The van der Waals surface area contributed by atoms with Gasteiger partial charge in [0.2, 0.25) is 15.9 Å². The van der Waals surface area contributed by atoms with E-state index in [1.807, 2.05) is 25.1 Å². The minimum absolute atomic E-state index is 0.109. The molecule has 1 aliphatic rings. The summed E-state index contributed by atoms with van der Waals surface area (Å²) >= 11 is 1.49. The van der Waals surface area contributed by atoms with Crippen LogP contribution in [0.2, 0.25) is 0 Å². The number of hydrogen-bond acceptors (Lipinski definition) is 6. The Balaban J connectivity index is 1.45. The number of amides is 1. The number of benzene rings is 2. The van der Waals surface area contributed by atoms with E-state index in [4.69, 9.17) is 4.98 Å². The Morgan fingerprint density at radius 1 is 1.14 bits per heavy atom. The number of hydrogen-bond donors (Lipinski definition) is 0. The second kappa shape index (κ2) is 10.7. The molecule has 1 fully saturated rings. The first-order valence-corrected chi connectivity index (χ1v) is 14.8. The summed E-state index contributed by atoms with van der Waals surface area (Å²) in [7, 11) is -3.68. The van der Waals surface area contributed by atoms with Crippen LogP contribution in [0.5, 0.6) is 0 Å². The van der Waals surface area contributed by atoms with Crippen LogP contribution in [0.25, 0.3) is 10.2 Å². The van der Waals surface area contributed by atoms with Gasteiger partial charge in [-0.25, -0.2) is 13.4 Å². The van der Waals surface area contributed by atoms with E-state index in [0.29, 0.717) is 31.1 Å². The van der Waals surface area contributed by atoms with Crippen molar-refractivity contribution in [1.82, 2.24) is 14.3 Å². The van der Waals surface area contributed by atoms with Crippen LogP contribution in [-0.2, 0) is 27.8 Å². The van der Waals surface area contributed by atoms with Crippen LogP contribution in [0.15, 0.2) is 71.9 Å². The predicted molar refractivity (Wildman–Crippen MR) is 147 cm³/mol. The van der Waals surface area contributed by atoms with E-state index in [2.05, 4.69) is 24.0 Å². The zero-order chi connectivity index (χ0) is 26.0. The smallest absolute Gasteiger partial charge is 0.243 e. The molecule has 0 N–H and O–H groups in total. The summed E-state index contributed by atoms with van der Waals surface area (Å²) < 4.78 is 29.2. The maximum atomic E-state index is 14.0. The van der Waals surface area contributed by atoms with E-state index >= 15 is 0 Å². The van der Waals surface area contributed by atoms with Crippen LogP contribution in [0, 0.1) is 12.8 Å². The molecule has 0 bridgehead atoms. The lowest BCUT2D eigenvalue weighted by Gasteiger charge is -2.33. The number of sulfonamides is 1. The molecule has 3 heterocycles. The van der Waals surface area contributed by atoms with Crippen molar-refractivity contribution in [3.05, 3.63) is 83.7 Å². The van der Waals surface area contributed by atoms with E-state index in [1.165, 1.54) is 21.2 Å². The van der Waals surface area contributed by atoms with Crippen molar-refractivity contribution in [1.29, 1.82) is 0 Å². The first kappa shape index (κ1) is 25.5. The van der Waals surface area contributed by atoms with Gasteiger partial charge in [-0.15, -0.1) is 0 Å². The third-order valence-corrected chi connectivity index (χ3v) is 9.72. The number of carbonyl (C=O) groups excluding carboxylic acids is 1. The fraction of sp³-hybridized carbons (Fsp3) is 0.321. The van der Waals surface area contributed by atoms with Crippen LogP contribution >= 0.6 is 11.3 Å². The number of nitrogens with zero attached hydrogens (tertiary/aromatic N) is 4. The SMILES string of the molecule is CCc1ccc2nc(N(Cc3cccnc3)C(=O)C3CCCN(S(=O)(=O)c4ccc(C)cc4)C3)sc2c1. The second-order valence-corrected chi connectivity index (χ2v) is 12.4. The summed E-state index contributed by atoms with van der Waals surface area (Å²) in [6, 6.07) is 16.8. The maximum absolute atomic E-state index is 14.0. The molecule has 1 aliphatic heterocycles. The number of piperidine rings is 1. The number of fused-ring (bicyclic) bond motifs is 1. The molecule has 1 unspecified atom stereocenters. The number of carbonyl (C=O) groups is 1. The summed E-state index contributed by atoms with van der Waals surface area (Å²) in [4.78, 5) is 25.0. The van der Waals surface area contributed by atoms with E-state index in [0.717, 1.165) is 27.8 Å². The van der Waals surface area contributed by atoms with E-state index < -0.39 is 15.9 Å². The summed E-state index contributed by atoms with van der Waals surface area (Å²) in [5.74, 6) is -0.564. The van der Waals surface area contributed by atoms with Gasteiger partial charge in [-0.1, -0.05) is 48.1 Å². The molecule has 1 amide bonds. The van der Waals surface area contributed by atoms with Gasteiger partial charge in [-0.2, -0.15) is 4.31 Å². The second-order valence-electron chi connectivity index (χ2n) is 9.45. The van der Waals surface area contributed by atoms with E-state index in [9.17, 15) is 13.2 Å². The Hall–Kier alpha value is -3.14. The van der Waals surface area contributed by atoms with Crippen molar-refractivity contribution in [3.63, 3.8) is 0 Å². The van der Waals surface area contributed by atoms with Crippen molar-refractivity contribution < 1.29 is 13.2 Å². The monoisotopic (exact) mass is 534 g/mol. The van der Waals surface area contributed by atoms with E-state index in [-0.39, 0.29) is 17.3 Å². The van der Waals surface area contributed by atoms with Crippen molar-refractivity contribution in [2.75, 3.05) is 18.0 Å². The molecule has 1 saturated heterocycles. The van der Waals surface area contributed by atoms with Gasteiger partial charge in [-0.3, -0.25) is 14.7 Å². The molecule has 2 aromatic heterocycles. The molecule has 0 saturated carbocycles. The Bertz CT molecular complexity index is 1500. The third-order valence-electron chi connectivity index (χ3n) is 6.80. The fourth-order valence-electron chi connectivity index (χ4n) is 4.65. The Morgan fingerprint density at radius 2 is 1.95 bits per heavy atom. The van der Waals surface area contributed by atoms with Gasteiger partial charge in [0, 0.05) is 25.5 Å². The van der Waals surface area contributed by atoms with Crippen molar-refractivity contribution >= 4 is 42.6 Å². The average molecular weight is 535 g/mol. The number of rotatable bonds is 7. The van der Waals surface area contributed by atoms with Gasteiger partial charge >= 0.3 is 0 Å². The molecule has 9 heteroatoms. The lowest BCUT2D eigenvalue weighted by atomic mass is 9.98. The van der Waals surface area contributed by atoms with Crippen molar-refractivity contribution in [3.8, 4) is 0 Å². The number of pyridine rings is 1. The molecule has 5 rings (SSSR count). The van der Waals surface area contributed by atoms with Crippen molar-refractivity contribution in [2.45, 2.75) is 44.6 Å².